The zero-order valence-corrected chi connectivity index (χ0v) is 11.2. The standard InChI is InChI=1S/C14H17NO4/c1-4-13(17)19-10(3)14(18)15-12-7-5-11(6-8-12)9(2)16/h5-8,10H,4H2,1-3H3,(H,15,18). The molecular formula is C14H17NO4. The lowest BCUT2D eigenvalue weighted by Crippen LogP contribution is -2.29. The maximum absolute atomic E-state index is 11.7. The van der Waals surface area contributed by atoms with Gasteiger partial charge in [0.1, 0.15) is 0 Å². The molecule has 5 nitrogen and oxygen atoms in total. The minimum Gasteiger partial charge on any atom is -0.453 e. The molecule has 0 aliphatic carbocycles. The fourth-order valence-electron chi connectivity index (χ4n) is 1.37. The highest BCUT2D eigenvalue weighted by atomic mass is 16.5. The van der Waals surface area contributed by atoms with Crippen LogP contribution >= 0.6 is 0 Å². The van der Waals surface area contributed by atoms with Crippen LogP contribution in [0.2, 0.25) is 0 Å². The van der Waals surface area contributed by atoms with Gasteiger partial charge >= 0.3 is 5.97 Å². The van der Waals surface area contributed by atoms with Gasteiger partial charge in [-0.3, -0.25) is 14.4 Å². The average molecular weight is 263 g/mol. The molecule has 0 aliphatic heterocycles. The van der Waals surface area contributed by atoms with Crippen LogP contribution in [0, 0.1) is 0 Å². The number of nitrogens with one attached hydrogen (secondary N) is 1. The maximum Gasteiger partial charge on any atom is 0.306 e. The molecule has 1 amide bonds. The number of hydrogen-bond acceptors (Lipinski definition) is 4. The Kier molecular flexibility index (Phi) is 5.23. The molecule has 1 atom stereocenters. The van der Waals surface area contributed by atoms with Gasteiger partial charge in [-0.1, -0.05) is 6.92 Å². The predicted molar refractivity (Wildman–Crippen MR) is 70.9 cm³/mol. The third-order valence-electron chi connectivity index (χ3n) is 2.53. The van der Waals surface area contributed by atoms with E-state index in [1.165, 1.54) is 13.8 Å². The molecule has 1 aromatic rings. The second-order valence-corrected chi connectivity index (χ2v) is 4.11. The van der Waals surface area contributed by atoms with E-state index in [4.69, 9.17) is 4.74 Å². The number of ether oxygens (including phenoxy) is 1. The number of benzene rings is 1. The molecule has 1 rings (SSSR count). The fourth-order valence-corrected chi connectivity index (χ4v) is 1.37. The minimum atomic E-state index is -0.847. The normalized spacial score (nSPS) is 11.5. The summed E-state index contributed by atoms with van der Waals surface area (Å²) < 4.78 is 4.89. The number of amides is 1. The van der Waals surface area contributed by atoms with Gasteiger partial charge < -0.3 is 10.1 Å². The van der Waals surface area contributed by atoms with Crippen LogP contribution in [0.1, 0.15) is 37.6 Å². The van der Waals surface area contributed by atoms with Crippen LogP contribution in [0.5, 0.6) is 0 Å². The molecule has 0 radical (unpaired) electrons. The highest BCUT2D eigenvalue weighted by molar-refractivity contribution is 5.97. The molecule has 1 unspecified atom stereocenters. The number of ketones is 1. The molecule has 1 N–H and O–H groups in total. The molecule has 0 saturated carbocycles. The third kappa shape index (κ3) is 4.54. The van der Waals surface area contributed by atoms with Gasteiger partial charge in [0.15, 0.2) is 11.9 Å². The molecule has 19 heavy (non-hydrogen) atoms. The predicted octanol–water partition coefficient (Wildman–Crippen LogP) is 2.17. The van der Waals surface area contributed by atoms with E-state index in [9.17, 15) is 14.4 Å². The number of hydrogen-bond donors (Lipinski definition) is 1. The molecule has 0 aromatic heterocycles. The van der Waals surface area contributed by atoms with E-state index in [0.29, 0.717) is 11.3 Å². The summed E-state index contributed by atoms with van der Waals surface area (Å²) in [6.45, 7) is 4.64. The Labute approximate surface area is 111 Å². The van der Waals surface area contributed by atoms with Gasteiger partial charge in [0, 0.05) is 17.7 Å². The van der Waals surface area contributed by atoms with Gasteiger partial charge in [0.25, 0.3) is 5.91 Å². The Bertz CT molecular complexity index is 479. The van der Waals surface area contributed by atoms with Crippen LogP contribution in [0.25, 0.3) is 0 Å². The number of anilines is 1. The molecule has 0 bridgehead atoms. The number of rotatable bonds is 5. The molecule has 0 spiro atoms. The molecule has 1 aromatic carbocycles. The molecule has 0 heterocycles. The smallest absolute Gasteiger partial charge is 0.306 e. The van der Waals surface area contributed by atoms with Crippen molar-refractivity contribution in [2.45, 2.75) is 33.3 Å². The monoisotopic (exact) mass is 263 g/mol. The first-order valence-corrected chi connectivity index (χ1v) is 6.05. The summed E-state index contributed by atoms with van der Waals surface area (Å²) in [5, 5.41) is 2.61. The summed E-state index contributed by atoms with van der Waals surface area (Å²) in [6, 6.07) is 6.51. The zero-order chi connectivity index (χ0) is 14.4. The van der Waals surface area contributed by atoms with Crippen LogP contribution in [-0.2, 0) is 14.3 Å². The van der Waals surface area contributed by atoms with E-state index < -0.39 is 18.0 Å². The van der Waals surface area contributed by atoms with E-state index in [1.54, 1.807) is 31.2 Å². The van der Waals surface area contributed by atoms with Crippen LogP contribution < -0.4 is 5.32 Å². The first-order valence-electron chi connectivity index (χ1n) is 6.05. The number of Topliss-reactive ketones (excluding diaryl/α,β-unsaturated/α-hetero) is 1. The van der Waals surface area contributed by atoms with E-state index in [2.05, 4.69) is 5.32 Å². The molecule has 0 aliphatic rings. The van der Waals surface area contributed by atoms with Crippen molar-refractivity contribution in [3.63, 3.8) is 0 Å². The summed E-state index contributed by atoms with van der Waals surface area (Å²) in [7, 11) is 0. The molecule has 5 heteroatoms. The second kappa shape index (κ2) is 6.68. The zero-order valence-electron chi connectivity index (χ0n) is 11.2. The van der Waals surface area contributed by atoms with Crippen molar-refractivity contribution in [2.75, 3.05) is 5.32 Å². The summed E-state index contributed by atoms with van der Waals surface area (Å²) in [4.78, 5) is 33.9. The molecule has 0 fully saturated rings. The Hall–Kier alpha value is -2.17. The maximum atomic E-state index is 11.7. The van der Waals surface area contributed by atoms with Crippen LogP contribution in [0.4, 0.5) is 5.69 Å². The summed E-state index contributed by atoms with van der Waals surface area (Å²) in [5.74, 6) is -0.866. The minimum absolute atomic E-state index is 0.0388. The molecule has 0 saturated heterocycles. The lowest BCUT2D eigenvalue weighted by Gasteiger charge is -2.13. The van der Waals surface area contributed by atoms with Crippen molar-refractivity contribution in [1.29, 1.82) is 0 Å². The topological polar surface area (TPSA) is 72.5 Å². The van der Waals surface area contributed by atoms with Gasteiger partial charge in [-0.2, -0.15) is 0 Å². The van der Waals surface area contributed by atoms with E-state index >= 15 is 0 Å². The Morgan fingerprint density at radius 2 is 1.79 bits per heavy atom. The van der Waals surface area contributed by atoms with Crippen molar-refractivity contribution in [1.82, 2.24) is 0 Å². The summed E-state index contributed by atoms with van der Waals surface area (Å²) in [6.07, 6.45) is -0.620. The van der Waals surface area contributed by atoms with Crippen molar-refractivity contribution in [3.8, 4) is 0 Å². The SMILES string of the molecule is CCC(=O)OC(C)C(=O)Nc1ccc(C(C)=O)cc1. The summed E-state index contributed by atoms with van der Waals surface area (Å²) in [5.41, 5.74) is 1.12. The first-order chi connectivity index (χ1) is 8.93. The highest BCUT2D eigenvalue weighted by Gasteiger charge is 2.16. The summed E-state index contributed by atoms with van der Waals surface area (Å²) >= 11 is 0. The van der Waals surface area contributed by atoms with Gasteiger partial charge in [0.2, 0.25) is 0 Å². The van der Waals surface area contributed by atoms with Gasteiger partial charge in [-0.05, 0) is 38.1 Å². The van der Waals surface area contributed by atoms with Crippen molar-refractivity contribution >= 4 is 23.3 Å². The van der Waals surface area contributed by atoms with Crippen LogP contribution in [0.3, 0.4) is 0 Å². The van der Waals surface area contributed by atoms with Gasteiger partial charge in [-0.25, -0.2) is 0 Å². The molecular weight excluding hydrogens is 246 g/mol. The van der Waals surface area contributed by atoms with Crippen molar-refractivity contribution in [2.24, 2.45) is 0 Å². The van der Waals surface area contributed by atoms with Gasteiger partial charge in [-0.15, -0.1) is 0 Å². The third-order valence-corrected chi connectivity index (χ3v) is 2.53. The Balaban J connectivity index is 2.61. The Morgan fingerprint density at radius 3 is 2.26 bits per heavy atom. The van der Waals surface area contributed by atoms with E-state index in [1.807, 2.05) is 0 Å². The number of esters is 1. The number of carbonyl (C=O) groups is 3. The lowest BCUT2D eigenvalue weighted by atomic mass is 10.1. The van der Waals surface area contributed by atoms with Crippen molar-refractivity contribution in [3.05, 3.63) is 29.8 Å². The van der Waals surface area contributed by atoms with Gasteiger partial charge in [0.05, 0.1) is 0 Å². The lowest BCUT2D eigenvalue weighted by molar-refractivity contribution is -0.152. The van der Waals surface area contributed by atoms with Crippen molar-refractivity contribution < 1.29 is 19.1 Å². The first kappa shape index (κ1) is 14.9. The average Bonchev–Trinajstić information content (AvgIpc) is 2.38. The highest BCUT2D eigenvalue weighted by Crippen LogP contribution is 2.11. The molecule has 102 valence electrons. The quantitative estimate of drug-likeness (QED) is 0.652. The van der Waals surface area contributed by atoms with E-state index in [-0.39, 0.29) is 12.2 Å². The fraction of sp³-hybridized carbons (Fsp3) is 0.357. The van der Waals surface area contributed by atoms with E-state index in [0.717, 1.165) is 0 Å². The second-order valence-electron chi connectivity index (χ2n) is 4.11. The van der Waals surface area contributed by atoms with Crippen LogP contribution in [-0.4, -0.2) is 23.8 Å². The largest absolute Gasteiger partial charge is 0.453 e. The van der Waals surface area contributed by atoms with Crippen LogP contribution in [0.15, 0.2) is 24.3 Å². The number of carbonyl (C=O) groups excluding carboxylic acids is 3. The Morgan fingerprint density at radius 1 is 1.21 bits per heavy atom.